The molecule has 0 saturated carbocycles. The molecular formula is C18H13N3SW3. The van der Waals surface area contributed by atoms with Gasteiger partial charge in [-0.05, 0) is 0 Å². The first-order valence-corrected chi connectivity index (χ1v) is 11.1. The van der Waals surface area contributed by atoms with Crippen LogP contribution < -0.4 is 5.73 Å². The molecule has 124 valence electrons. The monoisotopic (exact) mass is 855 g/mol. The number of benzene rings is 2. The van der Waals surface area contributed by atoms with E-state index in [0.717, 1.165) is 3.90 Å². The van der Waals surface area contributed by atoms with Crippen molar-refractivity contribution in [2.75, 3.05) is 0 Å². The van der Waals surface area contributed by atoms with Crippen molar-refractivity contribution in [1.29, 1.82) is 0 Å². The Bertz CT molecular complexity index is 1100. The van der Waals surface area contributed by atoms with Gasteiger partial charge in [-0.2, -0.15) is 0 Å². The van der Waals surface area contributed by atoms with Gasteiger partial charge in [0.25, 0.3) is 0 Å². The second-order valence-electron chi connectivity index (χ2n) is 5.57. The van der Waals surface area contributed by atoms with E-state index in [0.29, 0.717) is 5.84 Å². The molecule has 1 aliphatic rings. The Kier molecular flexibility index (Phi) is 5.96. The maximum Gasteiger partial charge on any atom is 0 e. The van der Waals surface area contributed by atoms with E-state index >= 15 is 0 Å². The number of aryl methyl sites for hydroxylation is 1. The molecule has 0 unspecified atom stereocenters. The molecule has 7 heteroatoms. The second-order valence-corrected chi connectivity index (χ2v) is 9.34. The fourth-order valence-corrected chi connectivity index (χ4v) is 6.08. The first kappa shape index (κ1) is 19.4. The van der Waals surface area contributed by atoms with Crippen LogP contribution in [0.15, 0.2) is 57.8 Å². The molecule has 2 heterocycles. The van der Waals surface area contributed by atoms with E-state index in [2.05, 4.69) is 64.4 Å². The maximum atomic E-state index is 5.93. The van der Waals surface area contributed by atoms with Gasteiger partial charge in [0.2, 0.25) is 0 Å². The van der Waals surface area contributed by atoms with Crippen LogP contribution in [-0.4, -0.2) is 18.3 Å². The molecule has 0 bridgehead atoms. The van der Waals surface area contributed by atoms with Gasteiger partial charge in [0.15, 0.2) is 0 Å². The molecule has 4 rings (SSSR count). The zero-order valence-corrected chi connectivity index (χ0v) is 22.8. The number of nitrogens with zero attached hydrogens (tertiary/aromatic N) is 2. The van der Waals surface area contributed by atoms with Crippen LogP contribution in [0.4, 0.5) is 0 Å². The third-order valence-electron chi connectivity index (χ3n) is 4.08. The number of nitrogens with two attached hydrogens (primary N) is 1. The molecular weight excluding hydrogens is 842 g/mol. The number of allylic oxidation sites excluding steroid dienone is 1. The number of aromatic nitrogens is 1. The minimum Gasteiger partial charge on any atom is 0 e. The van der Waals surface area contributed by atoms with Gasteiger partial charge in [-0.1, -0.05) is 0 Å². The quantitative estimate of drug-likeness (QED) is 0.403. The Morgan fingerprint density at radius 3 is 2.60 bits per heavy atom. The molecule has 1 aliphatic heterocycles. The van der Waals surface area contributed by atoms with E-state index in [1.165, 1.54) is 87.0 Å². The summed E-state index contributed by atoms with van der Waals surface area (Å²) in [5.74, 6) is 0.669. The summed E-state index contributed by atoms with van der Waals surface area (Å²) in [6, 6.07) is 15.2. The SMILES string of the molecule is Cc1cccc2c1c1ccccc1n2[C](=[W])/C=C1/SN=C(N)[C]1=[W].[W]. The van der Waals surface area contributed by atoms with Gasteiger partial charge < -0.3 is 0 Å². The van der Waals surface area contributed by atoms with Gasteiger partial charge in [-0.25, -0.2) is 0 Å². The minimum atomic E-state index is 0. The Labute approximate surface area is 186 Å². The third kappa shape index (κ3) is 3.32. The number of rotatable bonds is 2. The molecule has 25 heavy (non-hydrogen) atoms. The number of hydrogen-bond donors (Lipinski definition) is 1. The maximum absolute atomic E-state index is 5.93. The molecule has 1 aromatic heterocycles. The fourth-order valence-electron chi connectivity index (χ4n) is 3.01. The van der Waals surface area contributed by atoms with E-state index in [-0.39, 0.29) is 21.1 Å². The Morgan fingerprint density at radius 1 is 1.16 bits per heavy atom. The zero-order chi connectivity index (χ0) is 16.8. The minimum absolute atomic E-state index is 0. The van der Waals surface area contributed by atoms with Crippen LogP contribution in [0.5, 0.6) is 0 Å². The summed E-state index contributed by atoms with van der Waals surface area (Å²) in [6.45, 7) is 2.18. The van der Waals surface area contributed by atoms with Crippen molar-refractivity contribution in [3.63, 3.8) is 0 Å². The average molecular weight is 855 g/mol. The van der Waals surface area contributed by atoms with Gasteiger partial charge in [0, 0.05) is 21.1 Å². The molecule has 0 aliphatic carbocycles. The average Bonchev–Trinajstić information content (AvgIpc) is 3.08. The first-order chi connectivity index (χ1) is 11.6. The molecule has 3 aromatic rings. The van der Waals surface area contributed by atoms with Crippen molar-refractivity contribution in [3.05, 3.63) is 59.0 Å². The number of fused-ring (bicyclic) bond motifs is 3. The summed E-state index contributed by atoms with van der Waals surface area (Å²) in [6.07, 6.45) is 2.24. The molecule has 0 fully saturated rings. The topological polar surface area (TPSA) is 43.3 Å². The van der Waals surface area contributed by atoms with Gasteiger partial charge in [-0.15, -0.1) is 0 Å². The third-order valence-corrected chi connectivity index (χ3v) is 8.02. The van der Waals surface area contributed by atoms with Gasteiger partial charge in [-0.3, -0.25) is 0 Å². The van der Waals surface area contributed by atoms with E-state index in [4.69, 9.17) is 5.73 Å². The van der Waals surface area contributed by atoms with Crippen molar-refractivity contribution in [2.24, 2.45) is 10.1 Å². The largest absolute Gasteiger partial charge is 0 e. The molecule has 2 aromatic carbocycles. The van der Waals surface area contributed by atoms with Crippen LogP contribution in [0.25, 0.3) is 21.8 Å². The van der Waals surface area contributed by atoms with Crippen LogP contribution in [0.3, 0.4) is 0 Å². The standard InChI is InChI=1S/C18H13N3S.3W/c1-12-5-4-8-16-18(12)14-6-2-3-7-15(14)21(16)10-9-13-11-17(19)20-22-13;;;/h2-9H,1H3,(H2,19,20);;;/b13-9+;;;. The summed E-state index contributed by atoms with van der Waals surface area (Å²) in [7, 11) is 0. The van der Waals surface area contributed by atoms with Gasteiger partial charge >= 0.3 is 167 Å². The van der Waals surface area contributed by atoms with Gasteiger partial charge in [0.1, 0.15) is 0 Å². The van der Waals surface area contributed by atoms with Gasteiger partial charge in [0.05, 0.1) is 0 Å². The normalized spacial score (nSPS) is 15.6. The van der Waals surface area contributed by atoms with Crippen LogP contribution in [-0.2, 0) is 59.8 Å². The second kappa shape index (κ2) is 7.69. The smallest absolute Gasteiger partial charge is 0 e. The Balaban J connectivity index is 0.00000182. The van der Waals surface area contributed by atoms with Crippen molar-refractivity contribution < 1.29 is 59.8 Å². The zero-order valence-electron chi connectivity index (χ0n) is 13.2. The predicted molar refractivity (Wildman–Crippen MR) is 96.9 cm³/mol. The number of amidine groups is 1. The molecule has 0 saturated heterocycles. The van der Waals surface area contributed by atoms with E-state index in [9.17, 15) is 0 Å². The Hall–Kier alpha value is -0.395. The van der Waals surface area contributed by atoms with Crippen LogP contribution in [0, 0.1) is 6.92 Å². The fraction of sp³-hybridized carbons (Fsp3) is 0.0556. The summed E-state index contributed by atoms with van der Waals surface area (Å²) in [5.41, 5.74) is 9.76. The van der Waals surface area contributed by atoms with Crippen LogP contribution >= 0.6 is 11.9 Å². The molecule has 0 atom stereocenters. The summed E-state index contributed by atoms with van der Waals surface area (Å²) >= 11 is 4.28. The van der Waals surface area contributed by atoms with Crippen molar-refractivity contribution in [3.8, 4) is 0 Å². The van der Waals surface area contributed by atoms with Crippen molar-refractivity contribution in [1.82, 2.24) is 4.57 Å². The van der Waals surface area contributed by atoms with Crippen LogP contribution in [0.2, 0.25) is 0 Å². The van der Waals surface area contributed by atoms with Crippen molar-refractivity contribution in [2.45, 2.75) is 6.92 Å². The first-order valence-electron chi connectivity index (χ1n) is 7.38. The van der Waals surface area contributed by atoms with Crippen molar-refractivity contribution >= 4 is 47.5 Å². The van der Waals surface area contributed by atoms with E-state index in [1.807, 2.05) is 0 Å². The molecule has 2 N–H and O–H groups in total. The predicted octanol–water partition coefficient (Wildman–Crippen LogP) is 3.25. The number of hydrogen-bond acceptors (Lipinski definition) is 3. The summed E-state index contributed by atoms with van der Waals surface area (Å²) in [4.78, 5) is 1.17. The molecule has 0 amide bonds. The number of para-hydroxylation sites is 1. The molecule has 0 spiro atoms. The summed E-state index contributed by atoms with van der Waals surface area (Å²) < 4.78 is 9.07. The Morgan fingerprint density at radius 2 is 1.88 bits per heavy atom. The van der Waals surface area contributed by atoms with E-state index < -0.39 is 0 Å². The van der Waals surface area contributed by atoms with E-state index in [1.54, 1.807) is 0 Å². The van der Waals surface area contributed by atoms with Crippen LogP contribution in [0.1, 0.15) is 5.56 Å². The molecule has 0 radical (unpaired) electrons. The summed E-state index contributed by atoms with van der Waals surface area (Å²) in [5, 5.41) is 2.65. The molecule has 3 nitrogen and oxygen atoms in total.